The van der Waals surface area contributed by atoms with Crippen molar-refractivity contribution < 1.29 is 23.4 Å². The van der Waals surface area contributed by atoms with Crippen LogP contribution in [-0.4, -0.2) is 23.8 Å². The van der Waals surface area contributed by atoms with Crippen LogP contribution in [0.1, 0.15) is 38.8 Å². The van der Waals surface area contributed by atoms with Crippen molar-refractivity contribution in [1.82, 2.24) is 9.99 Å². The predicted octanol–water partition coefficient (Wildman–Crippen LogP) is 8.03. The minimum atomic E-state index is -0.509. The first-order valence-electron chi connectivity index (χ1n) is 13.4. The summed E-state index contributed by atoms with van der Waals surface area (Å²) in [6.07, 6.45) is 1.47. The van der Waals surface area contributed by atoms with Crippen LogP contribution in [0.5, 0.6) is 17.2 Å². The number of benzene rings is 3. The van der Waals surface area contributed by atoms with Crippen LogP contribution in [0, 0.1) is 13.8 Å². The molecule has 5 rings (SSSR count). The van der Waals surface area contributed by atoms with E-state index in [-0.39, 0.29) is 19.0 Å². The van der Waals surface area contributed by atoms with E-state index in [9.17, 15) is 4.79 Å². The van der Waals surface area contributed by atoms with Gasteiger partial charge in [-0.25, -0.2) is 5.43 Å². The van der Waals surface area contributed by atoms with E-state index in [1.165, 1.54) is 6.21 Å². The van der Waals surface area contributed by atoms with E-state index < -0.39 is 5.91 Å². The van der Waals surface area contributed by atoms with Crippen LogP contribution in [0.3, 0.4) is 0 Å². The molecule has 0 radical (unpaired) electrons. The highest BCUT2D eigenvalue weighted by atomic mass is 79.9. The minimum Gasteiger partial charge on any atom is -0.493 e. The maximum absolute atomic E-state index is 12.7. The van der Waals surface area contributed by atoms with Gasteiger partial charge in [0.15, 0.2) is 17.3 Å². The quantitative estimate of drug-likeness (QED) is 0.114. The van der Waals surface area contributed by atoms with Crippen LogP contribution in [0.15, 0.2) is 98.9 Å². The molecule has 43 heavy (non-hydrogen) atoms. The molecule has 0 aliphatic carbocycles. The van der Waals surface area contributed by atoms with Gasteiger partial charge in [-0.05, 0) is 80.6 Å². The van der Waals surface area contributed by atoms with Crippen molar-refractivity contribution in [1.29, 1.82) is 0 Å². The Kier molecular flexibility index (Phi) is 9.54. The standard InChI is InChI=1S/C33H29BrClN3O5/c1-21-8-9-22(2)38(21)26-10-12-27(13-11-26)41-20-28-14-15-30(43-28)33(39)37-36-18-24-16-25(34)17-31(40-3)32(24)42-19-23-6-4-5-7-29(23)35/h4-18H,19-20H2,1-3H3,(H,37,39). The largest absolute Gasteiger partial charge is 0.493 e. The highest BCUT2D eigenvalue weighted by Gasteiger charge is 2.15. The SMILES string of the molecule is COc1cc(Br)cc(C=NNC(=O)c2ccc(COc3ccc(-n4c(C)ccc4C)cc3)o2)c1OCc1ccccc1Cl. The molecule has 10 heteroatoms. The van der Waals surface area contributed by atoms with Gasteiger partial charge in [0, 0.05) is 37.7 Å². The number of carbonyl (C=O) groups is 1. The molecule has 0 unspecified atom stereocenters. The summed E-state index contributed by atoms with van der Waals surface area (Å²) >= 11 is 9.75. The Morgan fingerprint density at radius 3 is 2.44 bits per heavy atom. The van der Waals surface area contributed by atoms with Crippen molar-refractivity contribution in [2.45, 2.75) is 27.1 Å². The lowest BCUT2D eigenvalue weighted by Gasteiger charge is -2.14. The van der Waals surface area contributed by atoms with E-state index >= 15 is 0 Å². The summed E-state index contributed by atoms with van der Waals surface area (Å²) in [4.78, 5) is 12.7. The number of aromatic nitrogens is 1. The number of nitrogens with one attached hydrogen (secondary N) is 1. The molecule has 1 N–H and O–H groups in total. The summed E-state index contributed by atoms with van der Waals surface area (Å²) in [5.41, 5.74) is 7.28. The lowest BCUT2D eigenvalue weighted by molar-refractivity contribution is 0.0923. The van der Waals surface area contributed by atoms with Crippen LogP contribution >= 0.6 is 27.5 Å². The third-order valence-corrected chi connectivity index (χ3v) is 7.43. The third kappa shape index (κ3) is 7.31. The summed E-state index contributed by atoms with van der Waals surface area (Å²) in [6.45, 7) is 4.53. The average Bonchev–Trinajstić information content (AvgIpc) is 3.62. The molecule has 2 aromatic heterocycles. The van der Waals surface area contributed by atoms with Gasteiger partial charge in [0.1, 0.15) is 24.7 Å². The molecule has 0 saturated heterocycles. The third-order valence-electron chi connectivity index (χ3n) is 6.60. The van der Waals surface area contributed by atoms with E-state index in [1.54, 1.807) is 37.4 Å². The molecule has 0 aliphatic heterocycles. The Morgan fingerprint density at radius 1 is 0.977 bits per heavy atom. The smallest absolute Gasteiger partial charge is 0.307 e. The monoisotopic (exact) mass is 661 g/mol. The van der Waals surface area contributed by atoms with E-state index in [0.29, 0.717) is 33.6 Å². The first kappa shape index (κ1) is 30.0. The summed E-state index contributed by atoms with van der Waals surface area (Å²) < 4.78 is 26.0. The number of hydrazone groups is 1. The Hall–Kier alpha value is -4.47. The first-order chi connectivity index (χ1) is 20.8. The second-order valence-corrected chi connectivity index (χ2v) is 10.9. The van der Waals surface area contributed by atoms with Crippen LogP contribution in [0.4, 0.5) is 0 Å². The number of ether oxygens (including phenoxy) is 3. The van der Waals surface area contributed by atoms with E-state index in [4.69, 9.17) is 30.2 Å². The van der Waals surface area contributed by atoms with Gasteiger partial charge in [0.05, 0.1) is 13.3 Å². The zero-order valence-electron chi connectivity index (χ0n) is 23.8. The van der Waals surface area contributed by atoms with Gasteiger partial charge in [-0.1, -0.05) is 45.7 Å². The molecule has 0 atom stereocenters. The van der Waals surface area contributed by atoms with Gasteiger partial charge in [0.2, 0.25) is 0 Å². The zero-order valence-corrected chi connectivity index (χ0v) is 26.1. The molecular weight excluding hydrogens is 634 g/mol. The number of nitrogens with zero attached hydrogens (tertiary/aromatic N) is 2. The molecule has 2 heterocycles. The predicted molar refractivity (Wildman–Crippen MR) is 170 cm³/mol. The van der Waals surface area contributed by atoms with Gasteiger partial charge in [-0.2, -0.15) is 5.10 Å². The van der Waals surface area contributed by atoms with Crippen molar-refractivity contribution >= 4 is 39.7 Å². The average molecular weight is 663 g/mol. The summed E-state index contributed by atoms with van der Waals surface area (Å²) in [5.74, 6) is 1.73. The molecule has 3 aromatic carbocycles. The maximum Gasteiger partial charge on any atom is 0.307 e. The van der Waals surface area contributed by atoms with Crippen molar-refractivity contribution in [3.8, 4) is 22.9 Å². The molecular formula is C33H29BrClN3O5. The van der Waals surface area contributed by atoms with Crippen molar-refractivity contribution in [3.63, 3.8) is 0 Å². The highest BCUT2D eigenvalue weighted by Crippen LogP contribution is 2.35. The molecule has 1 amide bonds. The number of aryl methyl sites for hydroxylation is 2. The second-order valence-electron chi connectivity index (χ2n) is 9.61. The number of hydrogen-bond acceptors (Lipinski definition) is 6. The van der Waals surface area contributed by atoms with Gasteiger partial charge in [-0.3, -0.25) is 4.79 Å². The van der Waals surface area contributed by atoms with E-state index in [0.717, 1.165) is 27.1 Å². The van der Waals surface area contributed by atoms with Gasteiger partial charge in [-0.15, -0.1) is 0 Å². The van der Waals surface area contributed by atoms with Crippen molar-refractivity contribution in [2.75, 3.05) is 7.11 Å². The van der Waals surface area contributed by atoms with Gasteiger partial charge in [0.25, 0.3) is 0 Å². The summed E-state index contributed by atoms with van der Waals surface area (Å²) in [7, 11) is 1.55. The highest BCUT2D eigenvalue weighted by molar-refractivity contribution is 9.10. The van der Waals surface area contributed by atoms with Crippen LogP contribution in [0.25, 0.3) is 5.69 Å². The molecule has 5 aromatic rings. The molecule has 220 valence electrons. The second kappa shape index (κ2) is 13.7. The van der Waals surface area contributed by atoms with Crippen molar-refractivity contribution in [2.24, 2.45) is 5.10 Å². The van der Waals surface area contributed by atoms with E-state index in [1.807, 2.05) is 42.5 Å². The molecule has 8 nitrogen and oxygen atoms in total. The Bertz CT molecular complexity index is 1740. The Morgan fingerprint density at radius 2 is 1.72 bits per heavy atom. The number of hydrogen-bond donors (Lipinski definition) is 1. The minimum absolute atomic E-state index is 0.103. The fourth-order valence-electron chi connectivity index (χ4n) is 4.47. The molecule has 0 saturated carbocycles. The van der Waals surface area contributed by atoms with Crippen LogP contribution < -0.4 is 19.6 Å². The number of furan rings is 1. The Labute approximate surface area is 263 Å². The molecule has 0 bridgehead atoms. The van der Waals surface area contributed by atoms with Crippen molar-refractivity contribution in [3.05, 3.63) is 128 Å². The van der Waals surface area contributed by atoms with Crippen LogP contribution in [0.2, 0.25) is 5.02 Å². The summed E-state index contributed by atoms with van der Waals surface area (Å²) in [5, 5.41) is 4.71. The lowest BCUT2D eigenvalue weighted by atomic mass is 10.2. The van der Waals surface area contributed by atoms with Crippen LogP contribution in [-0.2, 0) is 13.2 Å². The fraction of sp³-hybridized carbons (Fsp3) is 0.152. The van der Waals surface area contributed by atoms with E-state index in [2.05, 4.69) is 57.0 Å². The van der Waals surface area contributed by atoms with Gasteiger partial charge >= 0.3 is 5.91 Å². The van der Waals surface area contributed by atoms with Gasteiger partial charge < -0.3 is 23.2 Å². The summed E-state index contributed by atoms with van der Waals surface area (Å²) in [6, 6.07) is 26.3. The molecule has 0 fully saturated rings. The number of methoxy groups -OCH3 is 1. The maximum atomic E-state index is 12.7. The molecule has 0 aliphatic rings. The Balaban J connectivity index is 1.20. The number of rotatable bonds is 11. The zero-order chi connectivity index (χ0) is 30.3. The fourth-order valence-corrected chi connectivity index (χ4v) is 5.12. The first-order valence-corrected chi connectivity index (χ1v) is 14.5. The topological polar surface area (TPSA) is 87.2 Å². The molecule has 0 spiro atoms. The normalized spacial score (nSPS) is 11.1. The number of halogens is 2. The lowest BCUT2D eigenvalue weighted by Crippen LogP contribution is -2.17. The number of amides is 1. The number of carbonyl (C=O) groups excluding carboxylic acids is 1.